The Morgan fingerprint density at radius 1 is 1.04 bits per heavy atom. The predicted octanol–water partition coefficient (Wildman–Crippen LogP) is 2.40. The van der Waals surface area contributed by atoms with Crippen molar-refractivity contribution in [2.75, 3.05) is 44.8 Å². The van der Waals surface area contributed by atoms with Crippen LogP contribution in [-0.4, -0.2) is 61.9 Å². The molecule has 1 heterocycles. The van der Waals surface area contributed by atoms with E-state index in [9.17, 15) is 9.90 Å². The zero-order valence-corrected chi connectivity index (χ0v) is 16.7. The number of carbonyl (C=O) groups excluding carboxylic acids is 1. The van der Waals surface area contributed by atoms with Gasteiger partial charge in [0.15, 0.2) is 11.5 Å². The van der Waals surface area contributed by atoms with Crippen molar-refractivity contribution in [3.05, 3.63) is 53.6 Å². The predicted molar refractivity (Wildman–Crippen MR) is 109 cm³/mol. The number of methoxy groups -OCH3 is 1. The van der Waals surface area contributed by atoms with Crippen LogP contribution < -0.4 is 14.4 Å². The van der Waals surface area contributed by atoms with Crippen LogP contribution in [0, 0.1) is 13.8 Å². The molecule has 1 aliphatic rings. The molecule has 3 rings (SSSR count). The van der Waals surface area contributed by atoms with Gasteiger partial charge in [-0.2, -0.15) is 0 Å². The number of β-amino-alcohol motifs (C(OH)–C–C–N with tert-alkyl or cyclic N) is 1. The summed E-state index contributed by atoms with van der Waals surface area (Å²) in [5, 5.41) is 10.3. The number of ether oxygens (including phenoxy) is 2. The standard InChI is InChI=1S/C22H28N2O4/c1-16-7-6-8-17(2)22(16)24-12-11-23(21(26)14-24)13-18(25)15-28-20-10-5-4-9-19(20)27-3/h4-10,18,25H,11-15H2,1-3H3. The Kier molecular flexibility index (Phi) is 6.41. The third-order valence-electron chi connectivity index (χ3n) is 5.01. The van der Waals surface area contributed by atoms with E-state index in [1.165, 1.54) is 11.1 Å². The van der Waals surface area contributed by atoms with Gasteiger partial charge in [0.2, 0.25) is 5.91 Å². The molecule has 150 valence electrons. The van der Waals surface area contributed by atoms with Crippen molar-refractivity contribution < 1.29 is 19.4 Å². The lowest BCUT2D eigenvalue weighted by Crippen LogP contribution is -2.53. The monoisotopic (exact) mass is 384 g/mol. The van der Waals surface area contributed by atoms with Crippen LogP contribution in [-0.2, 0) is 4.79 Å². The lowest BCUT2D eigenvalue weighted by Gasteiger charge is -2.37. The smallest absolute Gasteiger partial charge is 0.242 e. The Balaban J connectivity index is 1.54. The number of aliphatic hydroxyl groups is 1. The fourth-order valence-electron chi connectivity index (χ4n) is 3.63. The zero-order chi connectivity index (χ0) is 20.1. The Morgan fingerprint density at radius 2 is 1.71 bits per heavy atom. The van der Waals surface area contributed by atoms with E-state index in [0.29, 0.717) is 24.6 Å². The van der Waals surface area contributed by atoms with Gasteiger partial charge in [-0.15, -0.1) is 0 Å². The van der Waals surface area contributed by atoms with Crippen LogP contribution in [0.4, 0.5) is 5.69 Å². The van der Waals surface area contributed by atoms with Gasteiger partial charge < -0.3 is 24.4 Å². The van der Waals surface area contributed by atoms with Crippen LogP contribution in [0.5, 0.6) is 11.5 Å². The lowest BCUT2D eigenvalue weighted by atomic mass is 10.1. The maximum absolute atomic E-state index is 12.6. The molecule has 6 heteroatoms. The van der Waals surface area contributed by atoms with Crippen LogP contribution in [0.3, 0.4) is 0 Å². The topological polar surface area (TPSA) is 62.2 Å². The van der Waals surface area contributed by atoms with E-state index in [1.54, 1.807) is 24.1 Å². The normalized spacial score (nSPS) is 15.5. The molecule has 0 aliphatic carbocycles. The largest absolute Gasteiger partial charge is 0.493 e. The summed E-state index contributed by atoms with van der Waals surface area (Å²) in [5.74, 6) is 1.22. The van der Waals surface area contributed by atoms with Gasteiger partial charge >= 0.3 is 0 Å². The van der Waals surface area contributed by atoms with E-state index in [2.05, 4.69) is 30.9 Å². The molecule has 1 saturated heterocycles. The average Bonchev–Trinajstić information content (AvgIpc) is 2.68. The molecule has 0 aromatic heterocycles. The number of benzene rings is 2. The summed E-state index contributed by atoms with van der Waals surface area (Å²) in [4.78, 5) is 16.5. The molecule has 1 N–H and O–H groups in total. The van der Waals surface area contributed by atoms with Gasteiger partial charge in [0, 0.05) is 18.8 Å². The number of carbonyl (C=O) groups is 1. The van der Waals surface area contributed by atoms with Crippen molar-refractivity contribution in [3.63, 3.8) is 0 Å². The second-order valence-corrected chi connectivity index (χ2v) is 7.12. The number of hydrogen-bond acceptors (Lipinski definition) is 5. The number of aliphatic hydroxyl groups excluding tert-OH is 1. The highest BCUT2D eigenvalue weighted by Crippen LogP contribution is 2.27. The molecular weight excluding hydrogens is 356 g/mol. The Bertz CT molecular complexity index is 804. The van der Waals surface area contributed by atoms with Gasteiger partial charge in [-0.25, -0.2) is 0 Å². The van der Waals surface area contributed by atoms with Crippen LogP contribution in [0.25, 0.3) is 0 Å². The average molecular weight is 384 g/mol. The van der Waals surface area contributed by atoms with Crippen molar-refractivity contribution in [3.8, 4) is 11.5 Å². The summed E-state index contributed by atoms with van der Waals surface area (Å²) in [6.07, 6.45) is -0.763. The van der Waals surface area contributed by atoms with Crippen LogP contribution >= 0.6 is 0 Å². The third-order valence-corrected chi connectivity index (χ3v) is 5.01. The number of nitrogens with zero attached hydrogens (tertiary/aromatic N) is 2. The minimum atomic E-state index is -0.763. The van der Waals surface area contributed by atoms with Gasteiger partial charge in [-0.05, 0) is 37.1 Å². The van der Waals surface area contributed by atoms with E-state index < -0.39 is 6.10 Å². The first-order chi connectivity index (χ1) is 13.5. The fourth-order valence-corrected chi connectivity index (χ4v) is 3.63. The van der Waals surface area contributed by atoms with Gasteiger partial charge in [0.25, 0.3) is 0 Å². The van der Waals surface area contributed by atoms with Gasteiger partial charge in [0.05, 0.1) is 20.2 Å². The highest BCUT2D eigenvalue weighted by molar-refractivity contribution is 5.83. The number of hydrogen-bond donors (Lipinski definition) is 1. The molecule has 1 atom stereocenters. The summed E-state index contributed by atoms with van der Waals surface area (Å²) < 4.78 is 10.9. The highest BCUT2D eigenvalue weighted by atomic mass is 16.5. The molecule has 28 heavy (non-hydrogen) atoms. The van der Waals surface area contributed by atoms with Crippen molar-refractivity contribution >= 4 is 11.6 Å². The van der Waals surface area contributed by atoms with Crippen LogP contribution in [0.1, 0.15) is 11.1 Å². The summed E-state index contributed by atoms with van der Waals surface area (Å²) >= 11 is 0. The van der Waals surface area contributed by atoms with E-state index in [0.717, 1.165) is 12.2 Å². The Morgan fingerprint density at radius 3 is 2.36 bits per heavy atom. The molecule has 0 saturated carbocycles. The summed E-state index contributed by atoms with van der Waals surface area (Å²) in [5.41, 5.74) is 3.48. The van der Waals surface area contributed by atoms with E-state index >= 15 is 0 Å². The minimum Gasteiger partial charge on any atom is -0.493 e. The molecule has 0 radical (unpaired) electrons. The van der Waals surface area contributed by atoms with Gasteiger partial charge in [0.1, 0.15) is 12.7 Å². The number of rotatable bonds is 7. The Labute approximate surface area is 166 Å². The lowest BCUT2D eigenvalue weighted by molar-refractivity contribution is -0.132. The number of amides is 1. The van der Waals surface area contributed by atoms with Gasteiger partial charge in [-0.1, -0.05) is 30.3 Å². The van der Waals surface area contributed by atoms with E-state index in [1.807, 2.05) is 18.2 Å². The first-order valence-electron chi connectivity index (χ1n) is 9.52. The summed E-state index contributed by atoms with van der Waals surface area (Å²) in [7, 11) is 1.58. The maximum Gasteiger partial charge on any atom is 0.242 e. The molecule has 1 unspecified atom stereocenters. The molecule has 0 bridgehead atoms. The van der Waals surface area contributed by atoms with Crippen molar-refractivity contribution in [2.45, 2.75) is 20.0 Å². The number of anilines is 1. The van der Waals surface area contributed by atoms with E-state index in [-0.39, 0.29) is 19.1 Å². The van der Waals surface area contributed by atoms with Crippen molar-refractivity contribution in [1.82, 2.24) is 4.90 Å². The minimum absolute atomic E-state index is 0.0187. The molecule has 6 nitrogen and oxygen atoms in total. The second-order valence-electron chi connectivity index (χ2n) is 7.12. The van der Waals surface area contributed by atoms with Crippen LogP contribution in [0.15, 0.2) is 42.5 Å². The van der Waals surface area contributed by atoms with Crippen molar-refractivity contribution in [1.29, 1.82) is 0 Å². The number of para-hydroxylation sites is 3. The second kappa shape index (κ2) is 8.97. The molecule has 1 fully saturated rings. The maximum atomic E-state index is 12.6. The molecule has 1 amide bonds. The van der Waals surface area contributed by atoms with Crippen LogP contribution in [0.2, 0.25) is 0 Å². The molecule has 2 aromatic rings. The molecule has 1 aliphatic heterocycles. The summed E-state index contributed by atoms with van der Waals surface area (Å²) in [6.45, 7) is 6.15. The quantitative estimate of drug-likeness (QED) is 0.794. The number of aryl methyl sites for hydroxylation is 2. The van der Waals surface area contributed by atoms with E-state index in [4.69, 9.17) is 9.47 Å². The first-order valence-corrected chi connectivity index (χ1v) is 9.52. The zero-order valence-electron chi connectivity index (χ0n) is 16.7. The molecule has 2 aromatic carbocycles. The fraction of sp³-hybridized carbons (Fsp3) is 0.409. The summed E-state index contributed by atoms with van der Waals surface area (Å²) in [6, 6.07) is 13.5. The third kappa shape index (κ3) is 4.57. The molecular formula is C22H28N2O4. The highest BCUT2D eigenvalue weighted by Gasteiger charge is 2.27. The first kappa shape index (κ1) is 20.0. The number of piperazine rings is 1. The van der Waals surface area contributed by atoms with Gasteiger partial charge in [-0.3, -0.25) is 4.79 Å². The van der Waals surface area contributed by atoms with Crippen molar-refractivity contribution in [2.24, 2.45) is 0 Å². The molecule has 0 spiro atoms. The SMILES string of the molecule is COc1ccccc1OCC(O)CN1CCN(c2c(C)cccc2C)CC1=O. The Hall–Kier alpha value is -2.73.